The van der Waals surface area contributed by atoms with Gasteiger partial charge in [0.15, 0.2) is 0 Å². The Kier molecular flexibility index (Phi) is 4.74. The fourth-order valence-corrected chi connectivity index (χ4v) is 3.72. The SMILES string of the molecule is CC(C)(C)c1cc(B2OC(C)(C)C(C)(C)O2)ccc1NC1CCCC1. The minimum absolute atomic E-state index is 0.0700. The standard InChI is InChI=1S/C21H34BNO2/c1-19(2,3)17-14-15(22-24-20(4,5)21(6,7)25-22)12-13-18(17)23-16-10-8-9-11-16/h12-14,16,23H,8-11H2,1-7H3. The molecule has 4 heteroatoms. The summed E-state index contributed by atoms with van der Waals surface area (Å²) in [5.41, 5.74) is 3.17. The molecule has 1 saturated carbocycles. The van der Waals surface area contributed by atoms with Gasteiger partial charge in [-0.2, -0.15) is 0 Å². The zero-order chi connectivity index (χ0) is 18.5. The van der Waals surface area contributed by atoms with Gasteiger partial charge in [-0.3, -0.25) is 0 Å². The molecule has 2 fully saturated rings. The highest BCUT2D eigenvalue weighted by Crippen LogP contribution is 2.37. The van der Waals surface area contributed by atoms with Crippen molar-refractivity contribution in [1.29, 1.82) is 0 Å². The summed E-state index contributed by atoms with van der Waals surface area (Å²) in [6.45, 7) is 15.2. The van der Waals surface area contributed by atoms with Crippen LogP contribution < -0.4 is 10.8 Å². The molecule has 25 heavy (non-hydrogen) atoms. The third-order valence-electron chi connectivity index (χ3n) is 6.09. The Morgan fingerprint density at radius 1 is 1.00 bits per heavy atom. The average molecular weight is 343 g/mol. The van der Waals surface area contributed by atoms with E-state index in [2.05, 4.69) is 72.0 Å². The molecule has 1 aromatic rings. The molecule has 0 amide bonds. The molecule has 3 nitrogen and oxygen atoms in total. The molecule has 0 unspecified atom stereocenters. The lowest BCUT2D eigenvalue weighted by atomic mass is 9.74. The van der Waals surface area contributed by atoms with E-state index in [9.17, 15) is 0 Å². The monoisotopic (exact) mass is 343 g/mol. The summed E-state index contributed by atoms with van der Waals surface area (Å²) in [6, 6.07) is 7.27. The fourth-order valence-electron chi connectivity index (χ4n) is 3.72. The molecule has 1 saturated heterocycles. The van der Waals surface area contributed by atoms with E-state index in [-0.39, 0.29) is 23.7 Å². The van der Waals surface area contributed by atoms with Crippen LogP contribution in [0.2, 0.25) is 0 Å². The maximum atomic E-state index is 6.25. The third kappa shape index (κ3) is 3.75. The molecule has 1 aliphatic carbocycles. The molecule has 1 N–H and O–H groups in total. The van der Waals surface area contributed by atoms with Crippen LogP contribution in [0.1, 0.15) is 79.7 Å². The average Bonchev–Trinajstić information content (AvgIpc) is 3.05. The van der Waals surface area contributed by atoms with E-state index in [1.54, 1.807) is 0 Å². The Morgan fingerprint density at radius 3 is 2.08 bits per heavy atom. The van der Waals surface area contributed by atoms with E-state index in [1.165, 1.54) is 36.9 Å². The van der Waals surface area contributed by atoms with Crippen molar-refractivity contribution >= 4 is 18.3 Å². The maximum Gasteiger partial charge on any atom is 0.494 e. The quantitative estimate of drug-likeness (QED) is 0.811. The second-order valence-corrected chi connectivity index (χ2v) is 9.77. The van der Waals surface area contributed by atoms with Crippen LogP contribution in [-0.2, 0) is 14.7 Å². The number of anilines is 1. The fraction of sp³-hybridized carbons (Fsp3) is 0.714. The molecule has 2 aliphatic rings. The van der Waals surface area contributed by atoms with Crippen LogP contribution >= 0.6 is 0 Å². The first kappa shape index (κ1) is 18.8. The summed E-state index contributed by atoms with van der Waals surface area (Å²) in [5, 5.41) is 3.78. The van der Waals surface area contributed by atoms with Gasteiger partial charge in [0.05, 0.1) is 11.2 Å². The van der Waals surface area contributed by atoms with E-state index < -0.39 is 0 Å². The van der Waals surface area contributed by atoms with Crippen LogP contribution in [0.4, 0.5) is 5.69 Å². The maximum absolute atomic E-state index is 6.25. The molecule has 1 aromatic carbocycles. The molecule has 0 aromatic heterocycles. The van der Waals surface area contributed by atoms with Gasteiger partial charge < -0.3 is 14.6 Å². The molecule has 0 atom stereocenters. The molecule has 0 radical (unpaired) electrons. The summed E-state index contributed by atoms with van der Waals surface area (Å²) in [7, 11) is -0.299. The van der Waals surface area contributed by atoms with Gasteiger partial charge in [-0.25, -0.2) is 0 Å². The Balaban J connectivity index is 1.89. The van der Waals surface area contributed by atoms with Crippen molar-refractivity contribution < 1.29 is 9.31 Å². The van der Waals surface area contributed by atoms with E-state index in [4.69, 9.17) is 9.31 Å². The highest BCUT2D eigenvalue weighted by Gasteiger charge is 2.51. The van der Waals surface area contributed by atoms with Gasteiger partial charge in [0.25, 0.3) is 0 Å². The molecule has 0 bridgehead atoms. The smallest absolute Gasteiger partial charge is 0.399 e. The van der Waals surface area contributed by atoms with Gasteiger partial charge in [0.2, 0.25) is 0 Å². The summed E-state index contributed by atoms with van der Waals surface area (Å²) in [5.74, 6) is 0. The molecule has 1 heterocycles. The predicted molar refractivity (Wildman–Crippen MR) is 107 cm³/mol. The van der Waals surface area contributed by atoms with E-state index in [0.717, 1.165) is 5.46 Å². The Labute approximate surface area is 154 Å². The zero-order valence-electron chi connectivity index (χ0n) is 17.0. The van der Waals surface area contributed by atoms with Gasteiger partial charge in [-0.1, -0.05) is 45.7 Å². The molecule has 1 aliphatic heterocycles. The van der Waals surface area contributed by atoms with Crippen LogP contribution in [0.25, 0.3) is 0 Å². The number of benzene rings is 1. The van der Waals surface area contributed by atoms with Crippen LogP contribution in [0.5, 0.6) is 0 Å². The van der Waals surface area contributed by atoms with Gasteiger partial charge in [-0.15, -0.1) is 0 Å². The largest absolute Gasteiger partial charge is 0.494 e. The molecule has 138 valence electrons. The summed E-state index contributed by atoms with van der Waals surface area (Å²) >= 11 is 0. The van der Waals surface area contributed by atoms with E-state index in [1.807, 2.05) is 0 Å². The minimum atomic E-state index is -0.305. The summed E-state index contributed by atoms with van der Waals surface area (Å²) in [4.78, 5) is 0. The second kappa shape index (κ2) is 6.31. The van der Waals surface area contributed by atoms with Crippen LogP contribution in [0.3, 0.4) is 0 Å². The Bertz CT molecular complexity index is 611. The third-order valence-corrected chi connectivity index (χ3v) is 6.09. The topological polar surface area (TPSA) is 30.5 Å². The highest BCUT2D eigenvalue weighted by molar-refractivity contribution is 6.62. The van der Waals surface area contributed by atoms with Gasteiger partial charge in [0, 0.05) is 11.7 Å². The highest BCUT2D eigenvalue weighted by atomic mass is 16.7. The van der Waals surface area contributed by atoms with Gasteiger partial charge in [0.1, 0.15) is 0 Å². The normalized spacial score (nSPS) is 23.2. The van der Waals surface area contributed by atoms with E-state index in [0.29, 0.717) is 6.04 Å². The van der Waals surface area contributed by atoms with Crippen LogP contribution in [-0.4, -0.2) is 24.4 Å². The lowest BCUT2D eigenvalue weighted by Crippen LogP contribution is -2.41. The van der Waals surface area contributed by atoms with Crippen LogP contribution in [0, 0.1) is 0 Å². The van der Waals surface area contributed by atoms with Crippen LogP contribution in [0.15, 0.2) is 18.2 Å². The molecule has 3 rings (SSSR count). The first-order valence-electron chi connectivity index (χ1n) is 9.76. The minimum Gasteiger partial charge on any atom is -0.399 e. The molecular weight excluding hydrogens is 309 g/mol. The van der Waals surface area contributed by atoms with Crippen molar-refractivity contribution in [2.45, 2.75) is 96.8 Å². The molecule has 0 spiro atoms. The van der Waals surface area contributed by atoms with Gasteiger partial charge >= 0.3 is 7.12 Å². The number of rotatable bonds is 3. The van der Waals surface area contributed by atoms with Crippen molar-refractivity contribution in [3.63, 3.8) is 0 Å². The van der Waals surface area contributed by atoms with Crippen molar-refractivity contribution in [1.82, 2.24) is 0 Å². The summed E-state index contributed by atoms with van der Waals surface area (Å²) in [6.07, 6.45) is 5.24. The Hall–Kier alpha value is -0.995. The number of hydrogen-bond acceptors (Lipinski definition) is 3. The van der Waals surface area contributed by atoms with Crippen molar-refractivity contribution in [3.8, 4) is 0 Å². The second-order valence-electron chi connectivity index (χ2n) is 9.77. The zero-order valence-corrected chi connectivity index (χ0v) is 17.0. The first-order valence-corrected chi connectivity index (χ1v) is 9.76. The lowest BCUT2D eigenvalue weighted by molar-refractivity contribution is 0.00578. The molecular formula is C21H34BNO2. The van der Waals surface area contributed by atoms with Crippen molar-refractivity contribution in [3.05, 3.63) is 23.8 Å². The van der Waals surface area contributed by atoms with Gasteiger partial charge in [-0.05, 0) is 63.0 Å². The van der Waals surface area contributed by atoms with Crippen molar-refractivity contribution in [2.24, 2.45) is 0 Å². The predicted octanol–water partition coefficient (Wildman–Crippen LogP) is 4.64. The summed E-state index contributed by atoms with van der Waals surface area (Å²) < 4.78 is 12.5. The number of nitrogens with one attached hydrogen (secondary N) is 1. The van der Waals surface area contributed by atoms with E-state index >= 15 is 0 Å². The number of hydrogen-bond donors (Lipinski definition) is 1. The first-order chi connectivity index (χ1) is 11.5. The lowest BCUT2D eigenvalue weighted by Gasteiger charge is -2.32. The van der Waals surface area contributed by atoms with Crippen molar-refractivity contribution in [2.75, 3.05) is 5.32 Å². The Morgan fingerprint density at radius 2 is 1.56 bits per heavy atom.